The van der Waals surface area contributed by atoms with Gasteiger partial charge in [-0.25, -0.2) is 0 Å². The Bertz CT molecular complexity index is 419. The van der Waals surface area contributed by atoms with Crippen molar-refractivity contribution in [1.82, 2.24) is 5.32 Å². The summed E-state index contributed by atoms with van der Waals surface area (Å²) in [4.78, 5) is 0. The van der Waals surface area contributed by atoms with E-state index < -0.39 is 0 Å². The van der Waals surface area contributed by atoms with Crippen LogP contribution in [0.25, 0.3) is 0 Å². The second-order valence-electron chi connectivity index (χ2n) is 6.50. The zero-order chi connectivity index (χ0) is 13.9. The lowest BCUT2D eigenvalue weighted by Gasteiger charge is -2.38. The maximum atomic E-state index is 9.51. The smallest absolute Gasteiger partial charge is 0.0540 e. The molecule has 1 aromatic carbocycles. The Balaban J connectivity index is 1.37. The van der Waals surface area contributed by atoms with E-state index in [1.165, 1.54) is 31.2 Å². The van der Waals surface area contributed by atoms with Gasteiger partial charge in [-0.2, -0.15) is 0 Å². The number of hydrogen-bond acceptors (Lipinski definition) is 2. The molecule has 0 radical (unpaired) electrons. The molecule has 2 aliphatic carbocycles. The molecule has 0 unspecified atom stereocenters. The van der Waals surface area contributed by atoms with E-state index in [0.717, 1.165) is 30.3 Å². The van der Waals surface area contributed by atoms with Crippen molar-refractivity contribution in [2.24, 2.45) is 5.92 Å². The van der Waals surface area contributed by atoms with Crippen molar-refractivity contribution in [3.63, 3.8) is 0 Å². The van der Waals surface area contributed by atoms with Gasteiger partial charge < -0.3 is 10.4 Å². The molecular weight excluding hydrogens is 270 g/mol. The van der Waals surface area contributed by atoms with Crippen molar-refractivity contribution in [1.29, 1.82) is 0 Å². The first-order valence-electron chi connectivity index (χ1n) is 7.87. The highest BCUT2D eigenvalue weighted by Gasteiger charge is 2.30. The molecular formula is C17H24ClNO. The average Bonchev–Trinajstić information content (AvgIpc) is 2.41. The molecule has 2 N–H and O–H groups in total. The topological polar surface area (TPSA) is 32.3 Å². The lowest BCUT2D eigenvalue weighted by atomic mass is 9.75. The van der Waals surface area contributed by atoms with E-state index in [2.05, 4.69) is 17.4 Å². The van der Waals surface area contributed by atoms with E-state index in [4.69, 9.17) is 11.6 Å². The summed E-state index contributed by atoms with van der Waals surface area (Å²) in [5, 5.41) is 14.0. The molecule has 0 aromatic heterocycles. The average molecular weight is 294 g/mol. The van der Waals surface area contributed by atoms with Crippen molar-refractivity contribution >= 4 is 11.6 Å². The van der Waals surface area contributed by atoms with Gasteiger partial charge >= 0.3 is 0 Å². The molecule has 0 saturated heterocycles. The Labute approximate surface area is 126 Å². The first kappa shape index (κ1) is 14.4. The highest BCUT2D eigenvalue weighted by molar-refractivity contribution is 6.30. The van der Waals surface area contributed by atoms with Crippen LogP contribution in [0.3, 0.4) is 0 Å². The lowest BCUT2D eigenvalue weighted by Crippen LogP contribution is -2.42. The highest BCUT2D eigenvalue weighted by Crippen LogP contribution is 2.37. The second-order valence-corrected chi connectivity index (χ2v) is 6.94. The van der Waals surface area contributed by atoms with Gasteiger partial charge in [0, 0.05) is 11.1 Å². The van der Waals surface area contributed by atoms with E-state index in [9.17, 15) is 5.11 Å². The number of hydrogen-bond donors (Lipinski definition) is 2. The molecule has 2 aliphatic rings. The zero-order valence-corrected chi connectivity index (χ0v) is 12.6. The van der Waals surface area contributed by atoms with Gasteiger partial charge in [-0.1, -0.05) is 23.7 Å². The van der Waals surface area contributed by atoms with Gasteiger partial charge in [-0.15, -0.1) is 0 Å². The molecule has 0 atom stereocenters. The van der Waals surface area contributed by atoms with Crippen LogP contribution >= 0.6 is 11.6 Å². The minimum absolute atomic E-state index is 0.0377. The van der Waals surface area contributed by atoms with Crippen molar-refractivity contribution in [2.75, 3.05) is 6.54 Å². The van der Waals surface area contributed by atoms with E-state index in [1.807, 2.05) is 12.1 Å². The molecule has 110 valence electrons. The molecule has 0 heterocycles. The molecule has 3 rings (SSSR count). The summed E-state index contributed by atoms with van der Waals surface area (Å²) in [6.07, 6.45) is 6.80. The summed E-state index contributed by atoms with van der Waals surface area (Å²) >= 11 is 5.92. The van der Waals surface area contributed by atoms with Gasteiger partial charge in [0.05, 0.1) is 6.10 Å². The normalized spacial score (nSPS) is 33.7. The number of rotatable bonds is 4. The number of halogens is 1. The van der Waals surface area contributed by atoms with Gasteiger partial charge in [0.2, 0.25) is 0 Å². The summed E-state index contributed by atoms with van der Waals surface area (Å²) in [6.45, 7) is 1.13. The molecule has 0 amide bonds. The van der Waals surface area contributed by atoms with Crippen LogP contribution in [0.1, 0.15) is 50.0 Å². The van der Waals surface area contributed by atoms with E-state index in [-0.39, 0.29) is 6.10 Å². The van der Waals surface area contributed by atoms with Gasteiger partial charge in [-0.3, -0.25) is 0 Å². The van der Waals surface area contributed by atoms with Crippen LogP contribution < -0.4 is 5.32 Å². The molecule has 0 spiro atoms. The van der Waals surface area contributed by atoms with Gasteiger partial charge in [-0.05, 0) is 74.6 Å². The summed E-state index contributed by atoms with van der Waals surface area (Å²) < 4.78 is 0. The van der Waals surface area contributed by atoms with Crippen LogP contribution in [-0.4, -0.2) is 23.8 Å². The SMILES string of the molecule is OC1CCC(CNC2CC(c3ccc(Cl)cc3)C2)CC1. The Morgan fingerprint density at radius 3 is 2.35 bits per heavy atom. The second kappa shape index (κ2) is 6.46. The molecule has 3 heteroatoms. The Kier molecular flexibility index (Phi) is 4.65. The Morgan fingerprint density at radius 1 is 1.05 bits per heavy atom. The van der Waals surface area contributed by atoms with Gasteiger partial charge in [0.15, 0.2) is 0 Å². The fourth-order valence-corrected chi connectivity index (χ4v) is 3.60. The minimum atomic E-state index is -0.0377. The number of aliphatic hydroxyl groups excluding tert-OH is 1. The largest absolute Gasteiger partial charge is 0.393 e. The molecule has 2 nitrogen and oxygen atoms in total. The van der Waals surface area contributed by atoms with Crippen molar-refractivity contribution in [3.8, 4) is 0 Å². The molecule has 2 fully saturated rings. The quantitative estimate of drug-likeness (QED) is 0.886. The van der Waals surface area contributed by atoms with Crippen molar-refractivity contribution < 1.29 is 5.11 Å². The molecule has 1 aromatic rings. The van der Waals surface area contributed by atoms with Gasteiger partial charge in [0.1, 0.15) is 0 Å². The lowest BCUT2D eigenvalue weighted by molar-refractivity contribution is 0.106. The van der Waals surface area contributed by atoms with Crippen LogP contribution in [-0.2, 0) is 0 Å². The minimum Gasteiger partial charge on any atom is -0.393 e. The molecule has 2 saturated carbocycles. The third-order valence-electron chi connectivity index (χ3n) is 4.99. The highest BCUT2D eigenvalue weighted by atomic mass is 35.5. The summed E-state index contributed by atoms with van der Waals surface area (Å²) in [5.74, 6) is 1.48. The van der Waals surface area contributed by atoms with Crippen LogP contribution in [0.4, 0.5) is 0 Å². The predicted molar refractivity (Wildman–Crippen MR) is 83.2 cm³/mol. The predicted octanol–water partition coefficient (Wildman–Crippen LogP) is 3.73. The number of aliphatic hydroxyl groups is 1. The summed E-state index contributed by atoms with van der Waals surface area (Å²) in [5.41, 5.74) is 1.42. The Hall–Kier alpha value is -0.570. The van der Waals surface area contributed by atoms with E-state index in [1.54, 1.807) is 0 Å². The molecule has 0 aliphatic heterocycles. The van der Waals surface area contributed by atoms with Gasteiger partial charge in [0.25, 0.3) is 0 Å². The van der Waals surface area contributed by atoms with Crippen LogP contribution in [0.2, 0.25) is 5.02 Å². The first-order valence-corrected chi connectivity index (χ1v) is 8.25. The Morgan fingerprint density at radius 2 is 1.70 bits per heavy atom. The van der Waals surface area contributed by atoms with Crippen molar-refractivity contribution in [2.45, 2.75) is 56.6 Å². The monoisotopic (exact) mass is 293 g/mol. The number of nitrogens with one attached hydrogen (secondary N) is 1. The molecule has 0 bridgehead atoms. The van der Waals surface area contributed by atoms with Crippen molar-refractivity contribution in [3.05, 3.63) is 34.9 Å². The third-order valence-corrected chi connectivity index (χ3v) is 5.24. The number of benzene rings is 1. The zero-order valence-electron chi connectivity index (χ0n) is 11.9. The molecule has 20 heavy (non-hydrogen) atoms. The van der Waals surface area contributed by atoms with Crippen LogP contribution in [0.5, 0.6) is 0 Å². The summed E-state index contributed by atoms with van der Waals surface area (Å²) in [7, 11) is 0. The third kappa shape index (κ3) is 3.55. The fourth-order valence-electron chi connectivity index (χ4n) is 3.47. The standard InChI is InChI=1S/C17H24ClNO/c18-15-5-3-13(4-6-15)14-9-16(10-14)19-11-12-1-7-17(20)8-2-12/h3-6,12,14,16-17,19-20H,1-2,7-11H2. The van der Waals surface area contributed by atoms with E-state index >= 15 is 0 Å². The van der Waals surface area contributed by atoms with Crippen LogP contribution in [0.15, 0.2) is 24.3 Å². The maximum absolute atomic E-state index is 9.51. The first-order chi connectivity index (χ1) is 9.70. The summed E-state index contributed by atoms with van der Waals surface area (Å²) in [6, 6.07) is 8.98. The fraction of sp³-hybridized carbons (Fsp3) is 0.647. The van der Waals surface area contributed by atoms with E-state index in [0.29, 0.717) is 12.0 Å². The van der Waals surface area contributed by atoms with Crippen LogP contribution in [0, 0.1) is 5.92 Å². The maximum Gasteiger partial charge on any atom is 0.0540 e.